The molecule has 7 nitrogen and oxygen atoms in total. The molecule has 0 fully saturated rings. The fourth-order valence-corrected chi connectivity index (χ4v) is 1.66. The number of benzene rings is 1. The summed E-state index contributed by atoms with van der Waals surface area (Å²) in [5.74, 6) is 1.99. The van der Waals surface area contributed by atoms with Gasteiger partial charge >= 0.3 is 6.03 Å². The van der Waals surface area contributed by atoms with E-state index in [1.165, 1.54) is 4.90 Å². The van der Waals surface area contributed by atoms with Crippen molar-refractivity contribution in [3.63, 3.8) is 0 Å². The Kier molecular flexibility index (Phi) is 4.19. The first kappa shape index (κ1) is 13.9. The van der Waals surface area contributed by atoms with Crippen molar-refractivity contribution in [3.8, 4) is 5.75 Å². The molecule has 20 heavy (non-hydrogen) atoms. The Morgan fingerprint density at radius 3 is 2.95 bits per heavy atom. The van der Waals surface area contributed by atoms with E-state index >= 15 is 0 Å². The van der Waals surface area contributed by atoms with Gasteiger partial charge in [0.2, 0.25) is 0 Å². The molecule has 0 aliphatic carbocycles. The first-order valence-corrected chi connectivity index (χ1v) is 6.12. The Bertz CT molecular complexity index is 596. The van der Waals surface area contributed by atoms with Gasteiger partial charge in [-0.2, -0.15) is 5.10 Å². The lowest BCUT2D eigenvalue weighted by Crippen LogP contribution is -2.31. The minimum atomic E-state index is -0.235. The zero-order chi connectivity index (χ0) is 14.5. The fraction of sp³-hybridized carbons (Fsp3) is 0.308. The molecule has 2 aromatic rings. The third kappa shape index (κ3) is 3.47. The van der Waals surface area contributed by atoms with Crippen molar-refractivity contribution in [3.05, 3.63) is 35.9 Å². The van der Waals surface area contributed by atoms with Crippen LogP contribution in [0.2, 0.25) is 0 Å². The molecule has 0 aliphatic rings. The molecule has 2 N–H and O–H groups in total. The maximum absolute atomic E-state index is 12.0. The summed E-state index contributed by atoms with van der Waals surface area (Å²) < 4.78 is 5.11. The Hall–Kier alpha value is -2.57. The minimum Gasteiger partial charge on any atom is -0.497 e. The molecule has 106 valence electrons. The average molecular weight is 275 g/mol. The van der Waals surface area contributed by atoms with Crippen molar-refractivity contribution < 1.29 is 9.53 Å². The van der Waals surface area contributed by atoms with Gasteiger partial charge in [-0.15, -0.1) is 0 Å². The van der Waals surface area contributed by atoms with E-state index < -0.39 is 0 Å². The average Bonchev–Trinajstić information content (AvgIpc) is 2.84. The highest BCUT2D eigenvalue weighted by atomic mass is 16.5. The number of methoxy groups -OCH3 is 1. The molecule has 0 spiro atoms. The van der Waals surface area contributed by atoms with Crippen LogP contribution in [0.15, 0.2) is 24.3 Å². The number of anilines is 1. The second-order valence-electron chi connectivity index (χ2n) is 4.36. The summed E-state index contributed by atoms with van der Waals surface area (Å²) in [5.41, 5.74) is 0.673. The third-order valence-electron chi connectivity index (χ3n) is 2.69. The lowest BCUT2D eigenvalue weighted by atomic mass is 10.3. The van der Waals surface area contributed by atoms with Gasteiger partial charge in [0.1, 0.15) is 11.6 Å². The Morgan fingerprint density at radius 1 is 1.50 bits per heavy atom. The van der Waals surface area contributed by atoms with Gasteiger partial charge < -0.3 is 15.0 Å². The predicted octanol–water partition coefficient (Wildman–Crippen LogP) is 1.79. The molecule has 1 heterocycles. The smallest absolute Gasteiger partial charge is 0.321 e. The van der Waals surface area contributed by atoms with E-state index in [-0.39, 0.29) is 6.03 Å². The van der Waals surface area contributed by atoms with Crippen LogP contribution in [0.3, 0.4) is 0 Å². The van der Waals surface area contributed by atoms with Crippen LogP contribution in [0.5, 0.6) is 5.75 Å². The van der Waals surface area contributed by atoms with Crippen LogP contribution in [0.4, 0.5) is 10.5 Å². The number of aryl methyl sites for hydroxylation is 1. The number of urea groups is 1. The molecule has 1 aromatic heterocycles. The largest absolute Gasteiger partial charge is 0.497 e. The highest BCUT2D eigenvalue weighted by Gasteiger charge is 2.12. The molecule has 1 aromatic carbocycles. The van der Waals surface area contributed by atoms with Gasteiger partial charge in [-0.1, -0.05) is 6.07 Å². The SMILES string of the molecule is COc1cccc(NC(=O)N(C)Cc2n[nH]c(C)n2)c1. The van der Waals surface area contributed by atoms with Crippen LogP contribution in [-0.2, 0) is 6.54 Å². The van der Waals surface area contributed by atoms with Crippen LogP contribution < -0.4 is 10.1 Å². The van der Waals surface area contributed by atoms with E-state index in [9.17, 15) is 4.79 Å². The molecule has 0 saturated carbocycles. The number of hydrogen-bond donors (Lipinski definition) is 2. The van der Waals surface area contributed by atoms with Crippen molar-refractivity contribution in [2.45, 2.75) is 13.5 Å². The topological polar surface area (TPSA) is 83.1 Å². The second kappa shape index (κ2) is 6.05. The molecular weight excluding hydrogens is 258 g/mol. The number of hydrogen-bond acceptors (Lipinski definition) is 4. The molecule has 0 unspecified atom stereocenters. The van der Waals surface area contributed by atoms with Crippen LogP contribution >= 0.6 is 0 Å². The lowest BCUT2D eigenvalue weighted by molar-refractivity contribution is 0.219. The van der Waals surface area contributed by atoms with E-state index in [2.05, 4.69) is 20.5 Å². The van der Waals surface area contributed by atoms with E-state index in [0.29, 0.717) is 23.8 Å². The van der Waals surface area contributed by atoms with Crippen LogP contribution in [-0.4, -0.2) is 40.3 Å². The summed E-state index contributed by atoms with van der Waals surface area (Å²) in [4.78, 5) is 17.7. The number of rotatable bonds is 4. The number of carbonyl (C=O) groups excluding carboxylic acids is 1. The Balaban J connectivity index is 1.96. The third-order valence-corrected chi connectivity index (χ3v) is 2.69. The van der Waals surface area contributed by atoms with Crippen molar-refractivity contribution >= 4 is 11.7 Å². The summed E-state index contributed by atoms with van der Waals surface area (Å²) in [7, 11) is 3.26. The number of nitrogens with zero attached hydrogens (tertiary/aromatic N) is 3. The van der Waals surface area contributed by atoms with Crippen molar-refractivity contribution in [2.75, 3.05) is 19.5 Å². The molecular formula is C13H17N5O2. The molecule has 0 radical (unpaired) electrons. The highest BCUT2D eigenvalue weighted by Crippen LogP contribution is 2.17. The molecule has 2 rings (SSSR count). The molecule has 0 aliphatic heterocycles. The summed E-state index contributed by atoms with van der Waals surface area (Å²) in [6, 6.07) is 6.94. The van der Waals surface area contributed by atoms with Gasteiger partial charge in [0.25, 0.3) is 0 Å². The van der Waals surface area contributed by atoms with E-state index in [1.807, 2.05) is 19.1 Å². The standard InChI is InChI=1S/C13H17N5O2/c1-9-14-12(17-16-9)8-18(2)13(19)15-10-5-4-6-11(7-10)20-3/h4-7H,8H2,1-3H3,(H,15,19)(H,14,16,17). The molecule has 7 heteroatoms. The first-order chi connectivity index (χ1) is 9.58. The van der Waals surface area contributed by atoms with E-state index in [4.69, 9.17) is 4.74 Å². The van der Waals surface area contributed by atoms with E-state index in [1.54, 1.807) is 26.3 Å². The number of ether oxygens (including phenoxy) is 1. The van der Waals surface area contributed by atoms with Gasteiger partial charge in [0.05, 0.1) is 13.7 Å². The number of nitrogens with one attached hydrogen (secondary N) is 2. The summed E-state index contributed by atoms with van der Waals surface area (Å²) in [6.07, 6.45) is 0. The van der Waals surface area contributed by atoms with Crippen molar-refractivity contribution in [1.29, 1.82) is 0 Å². The Morgan fingerprint density at radius 2 is 2.30 bits per heavy atom. The summed E-state index contributed by atoms with van der Waals surface area (Å²) in [6.45, 7) is 2.15. The minimum absolute atomic E-state index is 0.235. The van der Waals surface area contributed by atoms with Crippen LogP contribution in [0.25, 0.3) is 0 Å². The van der Waals surface area contributed by atoms with Gasteiger partial charge in [-0.25, -0.2) is 9.78 Å². The van der Waals surface area contributed by atoms with Gasteiger partial charge in [-0.3, -0.25) is 5.10 Å². The predicted molar refractivity (Wildman–Crippen MR) is 74.6 cm³/mol. The highest BCUT2D eigenvalue weighted by molar-refractivity contribution is 5.89. The van der Waals surface area contributed by atoms with Crippen molar-refractivity contribution in [1.82, 2.24) is 20.1 Å². The zero-order valence-corrected chi connectivity index (χ0v) is 11.7. The summed E-state index contributed by atoms with van der Waals surface area (Å²) >= 11 is 0. The van der Waals surface area contributed by atoms with Gasteiger partial charge in [-0.05, 0) is 19.1 Å². The molecule has 0 atom stereocenters. The zero-order valence-electron chi connectivity index (χ0n) is 11.7. The number of aromatic nitrogens is 3. The van der Waals surface area contributed by atoms with E-state index in [0.717, 1.165) is 5.82 Å². The first-order valence-electron chi connectivity index (χ1n) is 6.12. The molecule has 0 bridgehead atoms. The lowest BCUT2D eigenvalue weighted by Gasteiger charge is -2.16. The normalized spacial score (nSPS) is 10.2. The number of amides is 2. The van der Waals surface area contributed by atoms with Crippen molar-refractivity contribution in [2.24, 2.45) is 0 Å². The maximum atomic E-state index is 12.0. The van der Waals surface area contributed by atoms with Gasteiger partial charge in [0, 0.05) is 18.8 Å². The Labute approximate surface area is 117 Å². The number of H-pyrrole nitrogens is 1. The molecule has 0 saturated heterocycles. The van der Waals surface area contributed by atoms with Crippen LogP contribution in [0.1, 0.15) is 11.6 Å². The van der Waals surface area contributed by atoms with Crippen LogP contribution in [0, 0.1) is 6.92 Å². The maximum Gasteiger partial charge on any atom is 0.321 e. The number of aromatic amines is 1. The fourth-order valence-electron chi connectivity index (χ4n) is 1.66. The summed E-state index contributed by atoms with van der Waals surface area (Å²) in [5, 5.41) is 9.52. The second-order valence-corrected chi connectivity index (χ2v) is 4.36. The molecule has 2 amide bonds. The quantitative estimate of drug-likeness (QED) is 0.891. The monoisotopic (exact) mass is 275 g/mol. The number of carbonyl (C=O) groups is 1. The van der Waals surface area contributed by atoms with Gasteiger partial charge in [0.15, 0.2) is 5.82 Å².